The number of carbonyl (C=O) groups is 1. The summed E-state index contributed by atoms with van der Waals surface area (Å²) < 4.78 is 32.5. The van der Waals surface area contributed by atoms with E-state index in [1.165, 1.54) is 37.4 Å². The molecule has 0 atom stereocenters. The normalized spacial score (nSPS) is 10.2. The minimum atomic E-state index is -0.740. The molecule has 2 rings (SSSR count). The van der Waals surface area contributed by atoms with Gasteiger partial charge in [0, 0.05) is 6.07 Å². The SMILES string of the molecule is COc1ccc(F)c(NC(=O)c2cccc(Br)c2F)c1. The van der Waals surface area contributed by atoms with Crippen LogP contribution in [0.3, 0.4) is 0 Å². The van der Waals surface area contributed by atoms with Crippen molar-refractivity contribution in [2.24, 2.45) is 0 Å². The van der Waals surface area contributed by atoms with Gasteiger partial charge in [-0.15, -0.1) is 0 Å². The fraction of sp³-hybridized carbons (Fsp3) is 0.0714. The smallest absolute Gasteiger partial charge is 0.258 e. The van der Waals surface area contributed by atoms with E-state index in [1.807, 2.05) is 0 Å². The van der Waals surface area contributed by atoms with E-state index in [4.69, 9.17) is 4.74 Å². The lowest BCUT2D eigenvalue weighted by molar-refractivity contribution is 0.102. The van der Waals surface area contributed by atoms with E-state index in [2.05, 4.69) is 21.2 Å². The van der Waals surface area contributed by atoms with Crippen molar-refractivity contribution in [1.82, 2.24) is 0 Å². The number of rotatable bonds is 3. The molecule has 1 N–H and O–H groups in total. The third kappa shape index (κ3) is 2.96. The van der Waals surface area contributed by atoms with E-state index < -0.39 is 17.5 Å². The zero-order valence-corrected chi connectivity index (χ0v) is 12.0. The molecule has 0 fully saturated rings. The van der Waals surface area contributed by atoms with Crippen molar-refractivity contribution in [3.8, 4) is 5.75 Å². The van der Waals surface area contributed by atoms with Crippen LogP contribution in [0.2, 0.25) is 0 Å². The Balaban J connectivity index is 2.30. The molecule has 3 nitrogen and oxygen atoms in total. The minimum Gasteiger partial charge on any atom is -0.497 e. The van der Waals surface area contributed by atoms with Crippen LogP contribution in [-0.2, 0) is 0 Å². The maximum atomic E-state index is 13.8. The van der Waals surface area contributed by atoms with Crippen molar-refractivity contribution >= 4 is 27.5 Å². The molecule has 0 unspecified atom stereocenters. The van der Waals surface area contributed by atoms with Crippen molar-refractivity contribution in [2.75, 3.05) is 12.4 Å². The second-order valence-corrected chi connectivity index (χ2v) is 4.76. The second-order valence-electron chi connectivity index (χ2n) is 3.90. The zero-order valence-electron chi connectivity index (χ0n) is 10.4. The highest BCUT2D eigenvalue weighted by Gasteiger charge is 2.15. The molecule has 0 aliphatic heterocycles. The average Bonchev–Trinajstić information content (AvgIpc) is 2.44. The summed E-state index contributed by atoms with van der Waals surface area (Å²) >= 11 is 2.99. The second kappa shape index (κ2) is 6.00. The number of methoxy groups -OCH3 is 1. The number of amides is 1. The first-order chi connectivity index (χ1) is 9.52. The first-order valence-electron chi connectivity index (χ1n) is 5.62. The third-order valence-electron chi connectivity index (χ3n) is 2.62. The van der Waals surface area contributed by atoms with Crippen LogP contribution in [0.4, 0.5) is 14.5 Å². The number of anilines is 1. The third-order valence-corrected chi connectivity index (χ3v) is 3.23. The van der Waals surface area contributed by atoms with Gasteiger partial charge in [0.15, 0.2) is 0 Å². The standard InChI is InChI=1S/C14H10BrF2NO2/c1-20-8-5-6-11(16)12(7-8)18-14(19)9-3-2-4-10(15)13(9)17/h2-7H,1H3,(H,18,19). The summed E-state index contributed by atoms with van der Waals surface area (Å²) in [7, 11) is 1.42. The molecule has 0 heterocycles. The number of hydrogen-bond acceptors (Lipinski definition) is 2. The molecule has 0 aliphatic rings. The first kappa shape index (κ1) is 14.5. The summed E-state index contributed by atoms with van der Waals surface area (Å²) in [6.45, 7) is 0. The van der Waals surface area contributed by atoms with E-state index in [1.54, 1.807) is 0 Å². The van der Waals surface area contributed by atoms with E-state index >= 15 is 0 Å². The van der Waals surface area contributed by atoms with Gasteiger partial charge in [-0.25, -0.2) is 8.78 Å². The number of carbonyl (C=O) groups excluding carboxylic acids is 1. The number of halogens is 3. The quantitative estimate of drug-likeness (QED) is 0.916. The van der Waals surface area contributed by atoms with Gasteiger partial charge in [-0.3, -0.25) is 4.79 Å². The van der Waals surface area contributed by atoms with Gasteiger partial charge in [0.25, 0.3) is 5.91 Å². The Bertz CT molecular complexity index is 662. The summed E-state index contributed by atoms with van der Waals surface area (Å²) in [6.07, 6.45) is 0. The van der Waals surface area contributed by atoms with Crippen molar-refractivity contribution < 1.29 is 18.3 Å². The number of nitrogens with one attached hydrogen (secondary N) is 1. The van der Waals surface area contributed by atoms with Crippen LogP contribution in [-0.4, -0.2) is 13.0 Å². The Morgan fingerprint density at radius 3 is 2.70 bits per heavy atom. The monoisotopic (exact) mass is 341 g/mol. The molecule has 0 saturated carbocycles. The van der Waals surface area contributed by atoms with Crippen molar-refractivity contribution in [3.05, 3.63) is 58.1 Å². The molecule has 104 valence electrons. The average molecular weight is 342 g/mol. The Labute approximate surface area is 122 Å². The maximum Gasteiger partial charge on any atom is 0.258 e. The molecule has 0 spiro atoms. The summed E-state index contributed by atoms with van der Waals surface area (Å²) in [5.74, 6) is -1.68. The Hall–Kier alpha value is -1.95. The fourth-order valence-corrected chi connectivity index (χ4v) is 1.96. The maximum absolute atomic E-state index is 13.8. The van der Waals surface area contributed by atoms with Gasteiger partial charge in [-0.05, 0) is 40.2 Å². The van der Waals surface area contributed by atoms with Crippen LogP contribution in [0.5, 0.6) is 5.75 Å². The molecular formula is C14H10BrF2NO2. The number of hydrogen-bond donors (Lipinski definition) is 1. The Morgan fingerprint density at radius 2 is 2.00 bits per heavy atom. The highest BCUT2D eigenvalue weighted by molar-refractivity contribution is 9.10. The minimum absolute atomic E-state index is 0.0753. The molecule has 0 bridgehead atoms. The number of benzene rings is 2. The number of ether oxygens (including phenoxy) is 1. The molecule has 2 aromatic carbocycles. The van der Waals surface area contributed by atoms with Gasteiger partial charge in [0.2, 0.25) is 0 Å². The van der Waals surface area contributed by atoms with Gasteiger partial charge >= 0.3 is 0 Å². The van der Waals surface area contributed by atoms with Crippen LogP contribution in [0, 0.1) is 11.6 Å². The van der Waals surface area contributed by atoms with Crippen molar-refractivity contribution in [2.45, 2.75) is 0 Å². The molecule has 20 heavy (non-hydrogen) atoms. The summed E-state index contributed by atoms with van der Waals surface area (Å²) in [6, 6.07) is 8.20. The van der Waals surface area contributed by atoms with Gasteiger partial charge in [-0.2, -0.15) is 0 Å². The largest absolute Gasteiger partial charge is 0.497 e. The van der Waals surface area contributed by atoms with E-state index in [-0.39, 0.29) is 15.7 Å². The molecule has 0 aliphatic carbocycles. The molecule has 0 radical (unpaired) electrons. The van der Waals surface area contributed by atoms with Gasteiger partial charge in [0.05, 0.1) is 22.8 Å². The highest BCUT2D eigenvalue weighted by atomic mass is 79.9. The van der Waals surface area contributed by atoms with Crippen LogP contribution >= 0.6 is 15.9 Å². The fourth-order valence-electron chi connectivity index (χ4n) is 1.60. The lowest BCUT2D eigenvalue weighted by Gasteiger charge is -2.09. The molecule has 2 aromatic rings. The van der Waals surface area contributed by atoms with Gasteiger partial charge in [0.1, 0.15) is 17.4 Å². The summed E-state index contributed by atoms with van der Waals surface area (Å²) in [5, 5.41) is 2.31. The van der Waals surface area contributed by atoms with Gasteiger partial charge < -0.3 is 10.1 Å². The van der Waals surface area contributed by atoms with Crippen LogP contribution in [0.1, 0.15) is 10.4 Å². The van der Waals surface area contributed by atoms with Crippen molar-refractivity contribution in [1.29, 1.82) is 0 Å². The van der Waals surface area contributed by atoms with E-state index in [0.29, 0.717) is 5.75 Å². The molecular weight excluding hydrogens is 332 g/mol. The van der Waals surface area contributed by atoms with E-state index in [9.17, 15) is 13.6 Å². The van der Waals surface area contributed by atoms with Crippen LogP contribution < -0.4 is 10.1 Å². The lowest BCUT2D eigenvalue weighted by Crippen LogP contribution is -2.15. The van der Waals surface area contributed by atoms with E-state index in [0.717, 1.165) is 6.07 Å². The Morgan fingerprint density at radius 1 is 1.25 bits per heavy atom. The predicted octanol–water partition coefficient (Wildman–Crippen LogP) is 3.99. The molecule has 0 aromatic heterocycles. The molecule has 1 amide bonds. The van der Waals surface area contributed by atoms with Gasteiger partial charge in [-0.1, -0.05) is 6.07 Å². The van der Waals surface area contributed by atoms with Crippen molar-refractivity contribution in [3.63, 3.8) is 0 Å². The van der Waals surface area contributed by atoms with Crippen LogP contribution in [0.25, 0.3) is 0 Å². The summed E-state index contributed by atoms with van der Waals surface area (Å²) in [5.41, 5.74) is -0.254. The highest BCUT2D eigenvalue weighted by Crippen LogP contribution is 2.23. The topological polar surface area (TPSA) is 38.3 Å². The van der Waals surface area contributed by atoms with Crippen LogP contribution in [0.15, 0.2) is 40.9 Å². The predicted molar refractivity (Wildman–Crippen MR) is 75.0 cm³/mol. The first-order valence-corrected chi connectivity index (χ1v) is 6.41. The molecule has 6 heteroatoms. The molecule has 0 saturated heterocycles. The Kier molecular flexibility index (Phi) is 4.34. The zero-order chi connectivity index (χ0) is 14.7. The lowest BCUT2D eigenvalue weighted by atomic mass is 10.2. The summed E-state index contributed by atoms with van der Waals surface area (Å²) in [4.78, 5) is 12.0.